The lowest BCUT2D eigenvalue weighted by Crippen LogP contribution is -2.24. The molecule has 0 aromatic heterocycles. The third-order valence-electron chi connectivity index (χ3n) is 1.63. The lowest BCUT2D eigenvalue weighted by molar-refractivity contribution is 0.578. The van der Waals surface area contributed by atoms with E-state index in [4.69, 9.17) is 0 Å². The lowest BCUT2D eigenvalue weighted by Gasteiger charge is -2.26. The van der Waals surface area contributed by atoms with Gasteiger partial charge in [0.15, 0.2) is 0 Å². The minimum Gasteiger partial charge on any atom is -0.0826 e. The molecule has 3 heteroatoms. The van der Waals surface area contributed by atoms with E-state index in [-0.39, 0.29) is 0 Å². The zero-order valence-electron chi connectivity index (χ0n) is 4.99. The highest BCUT2D eigenvalue weighted by Gasteiger charge is 2.24. The normalized spacial score (nSPS) is 45.0. The van der Waals surface area contributed by atoms with Crippen LogP contribution in [-0.4, -0.2) is 11.8 Å². The van der Waals surface area contributed by atoms with Crippen molar-refractivity contribution in [2.75, 3.05) is 0 Å². The summed E-state index contributed by atoms with van der Waals surface area (Å²) in [5.74, 6) is 0. The third-order valence-corrected chi connectivity index (χ3v) is 7.00. The van der Waals surface area contributed by atoms with Crippen LogP contribution >= 0.6 is 67.8 Å². The summed E-state index contributed by atoms with van der Waals surface area (Å²) in [7, 11) is 0. The predicted octanol–water partition coefficient (Wildman–Crippen LogP) is 3.58. The molecule has 0 bridgehead atoms. The summed E-state index contributed by atoms with van der Waals surface area (Å²) < 4.78 is 2.82. The zero-order valence-corrected chi connectivity index (χ0v) is 11.5. The number of halogens is 3. The maximum atomic E-state index is 2.59. The van der Waals surface area contributed by atoms with Gasteiger partial charge in [0.1, 0.15) is 0 Å². The highest BCUT2D eigenvalue weighted by molar-refractivity contribution is 14.1. The summed E-state index contributed by atoms with van der Waals surface area (Å²) in [5.41, 5.74) is 0. The van der Waals surface area contributed by atoms with Gasteiger partial charge in [-0.1, -0.05) is 67.8 Å². The van der Waals surface area contributed by atoms with E-state index in [2.05, 4.69) is 67.8 Å². The van der Waals surface area contributed by atoms with Crippen LogP contribution < -0.4 is 0 Å². The summed E-state index contributed by atoms with van der Waals surface area (Å²) in [4.78, 5) is 0. The first kappa shape index (κ1) is 9.28. The van der Waals surface area contributed by atoms with Crippen LogP contribution in [0.5, 0.6) is 0 Å². The lowest BCUT2D eigenvalue weighted by atomic mass is 10.0. The molecule has 0 radical (unpaired) electrons. The van der Waals surface area contributed by atoms with Gasteiger partial charge in [-0.15, -0.1) is 0 Å². The van der Waals surface area contributed by atoms with Gasteiger partial charge in [-0.05, 0) is 19.3 Å². The minimum absolute atomic E-state index is 0.929. The summed E-state index contributed by atoms with van der Waals surface area (Å²) in [6, 6.07) is 0. The maximum Gasteiger partial charge on any atom is 0.0237 e. The molecule has 9 heavy (non-hydrogen) atoms. The Hall–Kier alpha value is 2.19. The average molecular weight is 462 g/mol. The Morgan fingerprint density at radius 3 is 2.00 bits per heavy atom. The molecule has 0 aromatic rings. The largest absolute Gasteiger partial charge is 0.0826 e. The zero-order chi connectivity index (χ0) is 6.85. The molecule has 0 heterocycles. The van der Waals surface area contributed by atoms with Crippen molar-refractivity contribution in [1.82, 2.24) is 0 Å². The van der Waals surface area contributed by atoms with Crippen molar-refractivity contribution in [3.8, 4) is 0 Å². The Morgan fingerprint density at radius 2 is 1.56 bits per heavy atom. The second-order valence-corrected chi connectivity index (χ2v) is 7.40. The molecule has 1 aliphatic rings. The van der Waals surface area contributed by atoms with Gasteiger partial charge in [-0.25, -0.2) is 0 Å². The quantitative estimate of drug-likeness (QED) is 0.382. The van der Waals surface area contributed by atoms with E-state index in [0.29, 0.717) is 0 Å². The Bertz CT molecular complexity index is 94.3. The molecule has 0 aliphatic heterocycles. The molecule has 54 valence electrons. The van der Waals surface area contributed by atoms with Gasteiger partial charge in [-0.3, -0.25) is 0 Å². The van der Waals surface area contributed by atoms with Crippen molar-refractivity contribution in [2.45, 2.75) is 31.0 Å². The Balaban J connectivity index is 2.35. The van der Waals surface area contributed by atoms with Gasteiger partial charge < -0.3 is 0 Å². The SMILES string of the molecule is IC1CCC(I)[C@H](I)C1. The second-order valence-electron chi connectivity index (χ2n) is 2.44. The molecule has 1 aliphatic carbocycles. The van der Waals surface area contributed by atoms with Crippen molar-refractivity contribution < 1.29 is 0 Å². The first-order valence-electron chi connectivity index (χ1n) is 3.12. The molecule has 1 saturated carbocycles. The number of alkyl halides is 3. The molecule has 2 unspecified atom stereocenters. The molecule has 0 spiro atoms. The van der Waals surface area contributed by atoms with E-state index in [0.717, 1.165) is 11.8 Å². The van der Waals surface area contributed by atoms with E-state index in [1.54, 1.807) is 0 Å². The van der Waals surface area contributed by atoms with Crippen LogP contribution in [0, 0.1) is 0 Å². The fourth-order valence-electron chi connectivity index (χ4n) is 1.03. The summed E-state index contributed by atoms with van der Waals surface area (Å²) >= 11 is 7.74. The van der Waals surface area contributed by atoms with Crippen LogP contribution in [0.1, 0.15) is 19.3 Å². The van der Waals surface area contributed by atoms with Gasteiger partial charge in [0.2, 0.25) is 0 Å². The Kier molecular flexibility index (Phi) is 4.41. The minimum atomic E-state index is 0.929. The van der Waals surface area contributed by atoms with E-state index in [9.17, 15) is 0 Å². The Morgan fingerprint density at radius 1 is 0.889 bits per heavy atom. The topological polar surface area (TPSA) is 0 Å². The molecular weight excluding hydrogens is 453 g/mol. The third kappa shape index (κ3) is 2.96. The van der Waals surface area contributed by atoms with Gasteiger partial charge in [0.05, 0.1) is 0 Å². The average Bonchev–Trinajstić information content (AvgIpc) is 1.80. The van der Waals surface area contributed by atoms with Crippen LogP contribution in [0.15, 0.2) is 0 Å². The van der Waals surface area contributed by atoms with E-state index in [1.807, 2.05) is 0 Å². The van der Waals surface area contributed by atoms with Crippen LogP contribution in [0.25, 0.3) is 0 Å². The van der Waals surface area contributed by atoms with Gasteiger partial charge in [-0.2, -0.15) is 0 Å². The van der Waals surface area contributed by atoms with Crippen LogP contribution in [0.3, 0.4) is 0 Å². The van der Waals surface area contributed by atoms with Crippen molar-refractivity contribution in [1.29, 1.82) is 0 Å². The standard InChI is InChI=1S/C6H9I3/c7-4-1-2-5(8)6(9)3-4/h4-6H,1-3H2/t4?,5?,6-/m1/s1. The monoisotopic (exact) mass is 462 g/mol. The highest BCUT2D eigenvalue weighted by Crippen LogP contribution is 2.34. The van der Waals surface area contributed by atoms with Crippen molar-refractivity contribution in [2.24, 2.45) is 0 Å². The molecule has 0 amide bonds. The molecular formula is C6H9I3. The number of hydrogen-bond donors (Lipinski definition) is 0. The molecule has 1 rings (SSSR count). The van der Waals surface area contributed by atoms with E-state index < -0.39 is 0 Å². The molecule has 3 atom stereocenters. The second kappa shape index (κ2) is 4.27. The van der Waals surface area contributed by atoms with Crippen LogP contribution in [-0.2, 0) is 0 Å². The molecule has 0 N–H and O–H groups in total. The first-order chi connectivity index (χ1) is 4.20. The number of rotatable bonds is 0. The molecule has 1 fully saturated rings. The van der Waals surface area contributed by atoms with Gasteiger partial charge >= 0.3 is 0 Å². The van der Waals surface area contributed by atoms with Crippen molar-refractivity contribution in [3.63, 3.8) is 0 Å². The molecule has 0 saturated heterocycles. The number of hydrogen-bond acceptors (Lipinski definition) is 0. The van der Waals surface area contributed by atoms with E-state index >= 15 is 0 Å². The summed E-state index contributed by atoms with van der Waals surface area (Å²) in [6.07, 6.45) is 4.30. The maximum absolute atomic E-state index is 2.59. The van der Waals surface area contributed by atoms with Crippen molar-refractivity contribution >= 4 is 67.8 Å². The summed E-state index contributed by atoms with van der Waals surface area (Å²) in [6.45, 7) is 0. The van der Waals surface area contributed by atoms with Gasteiger partial charge in [0.25, 0.3) is 0 Å². The van der Waals surface area contributed by atoms with Crippen LogP contribution in [0.4, 0.5) is 0 Å². The Labute approximate surface area is 97.3 Å². The fraction of sp³-hybridized carbons (Fsp3) is 1.00. The smallest absolute Gasteiger partial charge is 0.0237 e. The highest BCUT2D eigenvalue weighted by atomic mass is 127. The molecule has 0 aromatic carbocycles. The fourth-order valence-corrected chi connectivity index (χ4v) is 4.54. The predicted molar refractivity (Wildman–Crippen MR) is 67.3 cm³/mol. The van der Waals surface area contributed by atoms with Gasteiger partial charge in [0, 0.05) is 11.8 Å². The van der Waals surface area contributed by atoms with E-state index in [1.165, 1.54) is 19.3 Å². The van der Waals surface area contributed by atoms with Crippen LogP contribution in [0.2, 0.25) is 0 Å². The molecule has 0 nitrogen and oxygen atoms in total. The summed E-state index contributed by atoms with van der Waals surface area (Å²) in [5, 5.41) is 0. The van der Waals surface area contributed by atoms with Crippen molar-refractivity contribution in [3.05, 3.63) is 0 Å². The first-order valence-corrected chi connectivity index (χ1v) is 6.86.